The lowest BCUT2D eigenvalue weighted by Gasteiger charge is -2.00. The predicted molar refractivity (Wildman–Crippen MR) is 71.1 cm³/mol. The van der Waals surface area contributed by atoms with Crippen molar-refractivity contribution in [3.05, 3.63) is 29.3 Å². The Morgan fingerprint density at radius 3 is 2.95 bits per heavy atom. The quantitative estimate of drug-likeness (QED) is 0.930. The van der Waals surface area contributed by atoms with Gasteiger partial charge in [-0.1, -0.05) is 11.6 Å². The van der Waals surface area contributed by atoms with E-state index in [9.17, 15) is 4.79 Å². The molecule has 2 aromatic heterocycles. The first-order chi connectivity index (χ1) is 9.11. The summed E-state index contributed by atoms with van der Waals surface area (Å²) in [6.07, 6.45) is 7.59. The van der Waals surface area contributed by atoms with Gasteiger partial charge < -0.3 is 5.32 Å². The summed E-state index contributed by atoms with van der Waals surface area (Å²) < 4.78 is 3.36. The summed E-state index contributed by atoms with van der Waals surface area (Å²) in [4.78, 5) is 12.0. The third-order valence-corrected chi connectivity index (χ3v) is 3.31. The van der Waals surface area contributed by atoms with Crippen molar-refractivity contribution >= 4 is 23.2 Å². The van der Waals surface area contributed by atoms with Gasteiger partial charge in [-0.05, 0) is 18.8 Å². The molecule has 2 aromatic rings. The van der Waals surface area contributed by atoms with Gasteiger partial charge in [0.1, 0.15) is 0 Å². The fourth-order valence-corrected chi connectivity index (χ4v) is 2.16. The predicted octanol–water partition coefficient (Wildman–Crippen LogP) is 1.93. The van der Waals surface area contributed by atoms with E-state index in [-0.39, 0.29) is 11.6 Å². The number of carbonyl (C=O) groups is 1. The van der Waals surface area contributed by atoms with Crippen LogP contribution in [-0.2, 0) is 13.6 Å². The van der Waals surface area contributed by atoms with Gasteiger partial charge in [0.05, 0.1) is 16.9 Å². The Labute approximate surface area is 115 Å². The normalized spacial score (nSPS) is 14.6. The van der Waals surface area contributed by atoms with Crippen LogP contribution in [0.1, 0.15) is 23.3 Å². The Kier molecular flexibility index (Phi) is 3.02. The van der Waals surface area contributed by atoms with Crippen molar-refractivity contribution in [3.8, 4) is 0 Å². The van der Waals surface area contributed by atoms with Crippen LogP contribution in [0.3, 0.4) is 0 Å². The third-order valence-electron chi connectivity index (χ3n) is 3.03. The smallest absolute Gasteiger partial charge is 0.277 e. The maximum Gasteiger partial charge on any atom is 0.277 e. The van der Waals surface area contributed by atoms with Gasteiger partial charge in [-0.25, -0.2) is 0 Å². The van der Waals surface area contributed by atoms with Gasteiger partial charge in [0.25, 0.3) is 5.91 Å². The van der Waals surface area contributed by atoms with Gasteiger partial charge in [0, 0.05) is 26.0 Å². The Morgan fingerprint density at radius 2 is 2.32 bits per heavy atom. The summed E-state index contributed by atoms with van der Waals surface area (Å²) in [5.41, 5.74) is 0.881. The summed E-state index contributed by atoms with van der Waals surface area (Å²) in [5, 5.41) is 11.3. The molecule has 0 saturated heterocycles. The molecule has 0 unspecified atom stereocenters. The Hall–Kier alpha value is -1.82. The number of carbonyl (C=O) groups excluding carboxylic acids is 1. The molecule has 0 spiro atoms. The molecule has 1 aliphatic rings. The Morgan fingerprint density at radius 1 is 1.53 bits per heavy atom. The highest BCUT2D eigenvalue weighted by Gasteiger charge is 2.22. The van der Waals surface area contributed by atoms with Crippen molar-refractivity contribution in [1.29, 1.82) is 0 Å². The van der Waals surface area contributed by atoms with Gasteiger partial charge in [-0.15, -0.1) is 0 Å². The van der Waals surface area contributed by atoms with E-state index in [0.717, 1.165) is 12.5 Å². The Bertz CT molecular complexity index is 613. The number of aryl methyl sites for hydroxylation is 1. The minimum Gasteiger partial charge on any atom is -0.318 e. The number of amides is 1. The molecule has 1 fully saturated rings. The van der Waals surface area contributed by atoms with Gasteiger partial charge in [-0.3, -0.25) is 14.2 Å². The van der Waals surface area contributed by atoms with E-state index in [1.165, 1.54) is 17.5 Å². The van der Waals surface area contributed by atoms with Gasteiger partial charge in [0.15, 0.2) is 5.69 Å². The largest absolute Gasteiger partial charge is 0.318 e. The molecule has 2 heterocycles. The summed E-state index contributed by atoms with van der Waals surface area (Å²) in [7, 11) is 1.72. The van der Waals surface area contributed by atoms with E-state index < -0.39 is 0 Å². The van der Waals surface area contributed by atoms with E-state index in [4.69, 9.17) is 11.6 Å². The maximum atomic E-state index is 12.0. The van der Waals surface area contributed by atoms with Crippen LogP contribution in [0, 0.1) is 5.92 Å². The minimum absolute atomic E-state index is 0.221. The number of aromatic nitrogens is 4. The maximum absolute atomic E-state index is 12.0. The number of anilines is 1. The number of hydrogen-bond acceptors (Lipinski definition) is 3. The third kappa shape index (κ3) is 2.78. The van der Waals surface area contributed by atoms with E-state index in [1.807, 2.05) is 10.9 Å². The van der Waals surface area contributed by atoms with E-state index in [1.54, 1.807) is 19.4 Å². The lowest BCUT2D eigenvalue weighted by Crippen LogP contribution is -2.13. The van der Waals surface area contributed by atoms with Crippen LogP contribution in [0.5, 0.6) is 0 Å². The molecule has 100 valence electrons. The van der Waals surface area contributed by atoms with Crippen LogP contribution in [0.4, 0.5) is 5.69 Å². The second-order valence-corrected chi connectivity index (χ2v) is 5.26. The zero-order chi connectivity index (χ0) is 13.4. The second-order valence-electron chi connectivity index (χ2n) is 4.85. The first-order valence-corrected chi connectivity index (χ1v) is 6.52. The van der Waals surface area contributed by atoms with E-state index in [2.05, 4.69) is 15.5 Å². The fraction of sp³-hybridized carbons (Fsp3) is 0.417. The summed E-state index contributed by atoms with van der Waals surface area (Å²) in [6, 6.07) is 0. The molecule has 1 N–H and O–H groups in total. The zero-order valence-corrected chi connectivity index (χ0v) is 11.3. The first-order valence-electron chi connectivity index (χ1n) is 6.15. The molecule has 1 amide bonds. The van der Waals surface area contributed by atoms with Crippen molar-refractivity contribution in [3.63, 3.8) is 0 Å². The summed E-state index contributed by atoms with van der Waals surface area (Å²) in [6.45, 7) is 0.917. The lowest BCUT2D eigenvalue weighted by atomic mass is 10.4. The van der Waals surface area contributed by atoms with Crippen LogP contribution < -0.4 is 5.32 Å². The molecule has 6 nitrogen and oxygen atoms in total. The van der Waals surface area contributed by atoms with E-state index >= 15 is 0 Å². The number of nitrogens with zero attached hydrogens (tertiary/aromatic N) is 4. The molecule has 0 radical (unpaired) electrons. The topological polar surface area (TPSA) is 64.7 Å². The van der Waals surface area contributed by atoms with Gasteiger partial charge in [-0.2, -0.15) is 10.2 Å². The average Bonchev–Trinajstić information content (AvgIpc) is 2.94. The zero-order valence-electron chi connectivity index (χ0n) is 10.5. The molecular weight excluding hydrogens is 266 g/mol. The molecule has 3 rings (SSSR count). The van der Waals surface area contributed by atoms with Crippen molar-refractivity contribution in [2.75, 3.05) is 5.32 Å². The minimum atomic E-state index is -0.323. The molecular formula is C12H14ClN5O. The second kappa shape index (κ2) is 4.70. The number of hydrogen-bond donors (Lipinski definition) is 1. The first kappa shape index (κ1) is 12.2. The van der Waals surface area contributed by atoms with Crippen molar-refractivity contribution < 1.29 is 4.79 Å². The van der Waals surface area contributed by atoms with Crippen molar-refractivity contribution in [2.45, 2.75) is 19.4 Å². The number of halogens is 1. The highest BCUT2D eigenvalue weighted by atomic mass is 35.5. The van der Waals surface area contributed by atoms with Crippen molar-refractivity contribution in [2.24, 2.45) is 13.0 Å². The van der Waals surface area contributed by atoms with Crippen molar-refractivity contribution in [1.82, 2.24) is 19.6 Å². The standard InChI is InChI=1S/C12H14ClN5O/c1-17-7-10(13)11(16-17)12(19)15-9-4-14-18(6-9)5-8-2-3-8/h4,6-8H,2-3,5H2,1H3,(H,15,19). The number of rotatable bonds is 4. The highest BCUT2D eigenvalue weighted by molar-refractivity contribution is 6.34. The SMILES string of the molecule is Cn1cc(Cl)c(C(=O)Nc2cnn(CC3CC3)c2)n1. The van der Waals surface area contributed by atoms with Crippen LogP contribution in [0.2, 0.25) is 5.02 Å². The van der Waals surface area contributed by atoms with Gasteiger partial charge >= 0.3 is 0 Å². The monoisotopic (exact) mass is 279 g/mol. The molecule has 1 aliphatic carbocycles. The molecule has 1 saturated carbocycles. The van der Waals surface area contributed by atoms with Gasteiger partial charge in [0.2, 0.25) is 0 Å². The molecule has 0 bridgehead atoms. The molecule has 0 aromatic carbocycles. The Balaban J connectivity index is 1.68. The highest BCUT2D eigenvalue weighted by Crippen LogP contribution is 2.30. The van der Waals surface area contributed by atoms with Crippen LogP contribution >= 0.6 is 11.6 Å². The van der Waals surface area contributed by atoms with Crippen LogP contribution in [-0.4, -0.2) is 25.5 Å². The molecule has 7 heteroatoms. The number of nitrogens with one attached hydrogen (secondary N) is 1. The van der Waals surface area contributed by atoms with Crippen LogP contribution in [0.25, 0.3) is 0 Å². The van der Waals surface area contributed by atoms with E-state index in [0.29, 0.717) is 10.7 Å². The summed E-state index contributed by atoms with van der Waals surface area (Å²) >= 11 is 5.92. The summed E-state index contributed by atoms with van der Waals surface area (Å²) in [5.74, 6) is 0.422. The molecule has 0 atom stereocenters. The molecule has 19 heavy (non-hydrogen) atoms. The fourth-order valence-electron chi connectivity index (χ4n) is 1.90. The molecule has 0 aliphatic heterocycles. The lowest BCUT2D eigenvalue weighted by molar-refractivity contribution is 0.102. The average molecular weight is 280 g/mol. The van der Waals surface area contributed by atoms with Crippen LogP contribution in [0.15, 0.2) is 18.6 Å².